The van der Waals surface area contributed by atoms with Crippen LogP contribution in [0.25, 0.3) is 0 Å². The van der Waals surface area contributed by atoms with E-state index in [0.717, 1.165) is 41.8 Å². The first-order valence-electron chi connectivity index (χ1n) is 8.35. The lowest BCUT2D eigenvalue weighted by atomic mass is 9.94. The summed E-state index contributed by atoms with van der Waals surface area (Å²) in [7, 11) is 0. The molecule has 0 N–H and O–H groups in total. The van der Waals surface area contributed by atoms with Gasteiger partial charge in [0.2, 0.25) is 0 Å². The van der Waals surface area contributed by atoms with Crippen LogP contribution in [0.2, 0.25) is 0 Å². The maximum absolute atomic E-state index is 12.8. The van der Waals surface area contributed by atoms with Crippen molar-refractivity contribution in [1.82, 2.24) is 0 Å². The van der Waals surface area contributed by atoms with Crippen LogP contribution < -0.4 is 0 Å². The molecule has 1 fully saturated rings. The summed E-state index contributed by atoms with van der Waals surface area (Å²) in [6.07, 6.45) is 1.37. The van der Waals surface area contributed by atoms with Crippen molar-refractivity contribution in [3.8, 4) is 0 Å². The molecule has 0 radical (unpaired) electrons. The third-order valence-corrected chi connectivity index (χ3v) is 4.42. The quantitative estimate of drug-likeness (QED) is 0.623. The zero-order chi connectivity index (χ0) is 17.0. The van der Waals surface area contributed by atoms with Gasteiger partial charge in [-0.05, 0) is 25.0 Å². The molecule has 0 heterocycles. The Bertz CT molecular complexity index is 681. The van der Waals surface area contributed by atoms with E-state index in [0.29, 0.717) is 0 Å². The van der Waals surface area contributed by atoms with E-state index in [1.807, 2.05) is 30.3 Å². The number of halogens is 3. The highest BCUT2D eigenvalue weighted by atomic mass is 19.4. The molecule has 0 amide bonds. The average Bonchev–Trinajstić information content (AvgIpc) is 2.61. The van der Waals surface area contributed by atoms with Crippen molar-refractivity contribution in [2.45, 2.75) is 44.3 Å². The largest absolute Gasteiger partial charge is 0.416 e. The van der Waals surface area contributed by atoms with Crippen LogP contribution in [-0.2, 0) is 6.18 Å². The fourth-order valence-electron chi connectivity index (χ4n) is 3.12. The van der Waals surface area contributed by atoms with E-state index in [9.17, 15) is 13.2 Å². The SMILES string of the molecule is FC(F)(F)c1ccc(C(=NC2CCCCC2)c2ccccc2)cc1. The van der Waals surface area contributed by atoms with Gasteiger partial charge >= 0.3 is 6.18 Å². The maximum atomic E-state index is 12.8. The molecule has 0 atom stereocenters. The normalized spacial score (nSPS) is 17.0. The van der Waals surface area contributed by atoms with Gasteiger partial charge in [-0.3, -0.25) is 4.99 Å². The first-order valence-corrected chi connectivity index (χ1v) is 8.35. The van der Waals surface area contributed by atoms with E-state index >= 15 is 0 Å². The van der Waals surface area contributed by atoms with Crippen molar-refractivity contribution in [2.24, 2.45) is 4.99 Å². The molecular formula is C20H20F3N. The topological polar surface area (TPSA) is 12.4 Å². The lowest BCUT2D eigenvalue weighted by Gasteiger charge is -2.20. The Morgan fingerprint density at radius 2 is 1.38 bits per heavy atom. The summed E-state index contributed by atoms with van der Waals surface area (Å²) in [5.74, 6) is 0. The van der Waals surface area contributed by atoms with Crippen LogP contribution in [-0.4, -0.2) is 11.8 Å². The molecular weight excluding hydrogens is 311 g/mol. The lowest BCUT2D eigenvalue weighted by molar-refractivity contribution is -0.137. The highest BCUT2D eigenvalue weighted by Crippen LogP contribution is 2.30. The number of aliphatic imine (C=N–C) groups is 1. The Hall–Kier alpha value is -2.10. The van der Waals surface area contributed by atoms with Gasteiger partial charge in [0.15, 0.2) is 0 Å². The Kier molecular flexibility index (Phi) is 5.03. The predicted molar refractivity (Wildman–Crippen MR) is 90.4 cm³/mol. The Morgan fingerprint density at radius 3 is 1.96 bits per heavy atom. The first kappa shape index (κ1) is 16.7. The summed E-state index contributed by atoms with van der Waals surface area (Å²) >= 11 is 0. The van der Waals surface area contributed by atoms with Gasteiger partial charge in [0.05, 0.1) is 17.3 Å². The van der Waals surface area contributed by atoms with Crippen LogP contribution in [0.1, 0.15) is 48.8 Å². The minimum absolute atomic E-state index is 0.260. The predicted octanol–water partition coefficient (Wildman–Crippen LogP) is 5.88. The summed E-state index contributed by atoms with van der Waals surface area (Å²) in [4.78, 5) is 4.90. The Balaban J connectivity index is 1.97. The second-order valence-corrected chi connectivity index (χ2v) is 6.21. The zero-order valence-corrected chi connectivity index (χ0v) is 13.4. The van der Waals surface area contributed by atoms with E-state index in [4.69, 9.17) is 4.99 Å². The fraction of sp³-hybridized carbons (Fsp3) is 0.350. The molecule has 2 aromatic rings. The molecule has 0 saturated heterocycles. The van der Waals surface area contributed by atoms with Gasteiger partial charge in [-0.15, -0.1) is 0 Å². The number of rotatable bonds is 3. The molecule has 3 rings (SSSR count). The average molecular weight is 331 g/mol. The number of hydrogen-bond donors (Lipinski definition) is 0. The smallest absolute Gasteiger partial charge is 0.281 e. The molecule has 2 aromatic carbocycles. The zero-order valence-electron chi connectivity index (χ0n) is 13.4. The number of nitrogens with zero attached hydrogens (tertiary/aromatic N) is 1. The molecule has 0 spiro atoms. The van der Waals surface area contributed by atoms with Crippen LogP contribution in [0.4, 0.5) is 13.2 Å². The summed E-state index contributed by atoms with van der Waals surface area (Å²) in [6, 6.07) is 15.3. The van der Waals surface area contributed by atoms with Crippen LogP contribution in [0, 0.1) is 0 Å². The van der Waals surface area contributed by atoms with Crippen LogP contribution >= 0.6 is 0 Å². The van der Waals surface area contributed by atoms with Crippen molar-refractivity contribution >= 4 is 5.71 Å². The minimum atomic E-state index is -4.31. The summed E-state index contributed by atoms with van der Waals surface area (Å²) in [6.45, 7) is 0. The van der Waals surface area contributed by atoms with Crippen molar-refractivity contribution < 1.29 is 13.2 Å². The molecule has 0 aromatic heterocycles. The molecule has 126 valence electrons. The van der Waals surface area contributed by atoms with Gasteiger partial charge in [0, 0.05) is 11.1 Å². The highest BCUT2D eigenvalue weighted by Gasteiger charge is 2.30. The summed E-state index contributed by atoms with van der Waals surface area (Å²) in [5.41, 5.74) is 1.84. The minimum Gasteiger partial charge on any atom is -0.281 e. The van der Waals surface area contributed by atoms with Gasteiger partial charge in [0.25, 0.3) is 0 Å². The standard InChI is InChI=1S/C20H20F3N/c21-20(22,23)17-13-11-16(12-14-17)19(15-7-3-1-4-8-15)24-18-9-5-2-6-10-18/h1,3-4,7-8,11-14,18H,2,5-6,9-10H2. The van der Waals surface area contributed by atoms with E-state index in [1.54, 1.807) is 0 Å². The molecule has 1 aliphatic rings. The van der Waals surface area contributed by atoms with E-state index < -0.39 is 11.7 Å². The van der Waals surface area contributed by atoms with Gasteiger partial charge in [-0.2, -0.15) is 13.2 Å². The molecule has 0 bridgehead atoms. The van der Waals surface area contributed by atoms with Crippen molar-refractivity contribution in [3.63, 3.8) is 0 Å². The highest BCUT2D eigenvalue weighted by molar-refractivity contribution is 6.13. The Labute approximate surface area is 140 Å². The van der Waals surface area contributed by atoms with Crippen molar-refractivity contribution in [3.05, 3.63) is 71.3 Å². The van der Waals surface area contributed by atoms with Crippen molar-refractivity contribution in [1.29, 1.82) is 0 Å². The summed E-state index contributed by atoms with van der Waals surface area (Å²) < 4.78 is 38.4. The second-order valence-electron chi connectivity index (χ2n) is 6.21. The third kappa shape index (κ3) is 4.05. The maximum Gasteiger partial charge on any atom is 0.416 e. The lowest BCUT2D eigenvalue weighted by Crippen LogP contribution is -2.15. The van der Waals surface area contributed by atoms with Gasteiger partial charge < -0.3 is 0 Å². The van der Waals surface area contributed by atoms with Gasteiger partial charge in [-0.25, -0.2) is 0 Å². The van der Waals surface area contributed by atoms with Crippen LogP contribution in [0.15, 0.2) is 59.6 Å². The van der Waals surface area contributed by atoms with Crippen LogP contribution in [0.5, 0.6) is 0 Å². The van der Waals surface area contributed by atoms with Gasteiger partial charge in [0.1, 0.15) is 0 Å². The number of hydrogen-bond acceptors (Lipinski definition) is 1. The molecule has 0 aliphatic heterocycles. The molecule has 4 heteroatoms. The second kappa shape index (κ2) is 7.20. The molecule has 1 aliphatic carbocycles. The Morgan fingerprint density at radius 1 is 0.792 bits per heavy atom. The monoisotopic (exact) mass is 331 g/mol. The molecule has 1 saturated carbocycles. The van der Waals surface area contributed by atoms with Crippen molar-refractivity contribution in [2.75, 3.05) is 0 Å². The van der Waals surface area contributed by atoms with Gasteiger partial charge in [-0.1, -0.05) is 61.7 Å². The summed E-state index contributed by atoms with van der Waals surface area (Å²) in [5, 5.41) is 0. The van der Waals surface area contributed by atoms with E-state index in [2.05, 4.69) is 0 Å². The molecule has 1 nitrogen and oxygen atoms in total. The number of alkyl halides is 3. The van der Waals surface area contributed by atoms with E-state index in [-0.39, 0.29) is 6.04 Å². The fourth-order valence-corrected chi connectivity index (χ4v) is 3.12. The molecule has 0 unspecified atom stereocenters. The molecule has 24 heavy (non-hydrogen) atoms. The van der Waals surface area contributed by atoms with E-state index in [1.165, 1.54) is 31.4 Å². The third-order valence-electron chi connectivity index (χ3n) is 4.42. The number of benzene rings is 2. The first-order chi connectivity index (χ1) is 11.5. The van der Waals surface area contributed by atoms with Crippen LogP contribution in [0.3, 0.4) is 0 Å².